The predicted molar refractivity (Wildman–Crippen MR) is 102 cm³/mol. The van der Waals surface area contributed by atoms with Crippen LogP contribution in [0.25, 0.3) is 11.6 Å². The van der Waals surface area contributed by atoms with Gasteiger partial charge in [-0.2, -0.15) is 5.26 Å². The van der Waals surface area contributed by atoms with Crippen molar-refractivity contribution in [1.82, 2.24) is 0 Å². The molecule has 0 N–H and O–H groups in total. The molecule has 6 nitrogen and oxygen atoms in total. The van der Waals surface area contributed by atoms with E-state index in [1.807, 2.05) is 6.07 Å². The Bertz CT molecular complexity index is 909. The quantitative estimate of drug-likeness (QED) is 0.312. The van der Waals surface area contributed by atoms with E-state index in [0.29, 0.717) is 17.1 Å². The normalized spacial score (nSPS) is 14.6. The number of nitriles is 1. The van der Waals surface area contributed by atoms with E-state index in [2.05, 4.69) is 6.07 Å². The van der Waals surface area contributed by atoms with Crippen LogP contribution in [0.5, 0.6) is 11.5 Å². The summed E-state index contributed by atoms with van der Waals surface area (Å²) in [5.74, 6) is 1.25. The van der Waals surface area contributed by atoms with Gasteiger partial charge in [0.1, 0.15) is 6.07 Å². The van der Waals surface area contributed by atoms with E-state index >= 15 is 0 Å². The van der Waals surface area contributed by atoms with Gasteiger partial charge in [0.05, 0.1) is 29.3 Å². The lowest BCUT2D eigenvalue weighted by molar-refractivity contribution is -0.385. The highest BCUT2D eigenvalue weighted by atomic mass is 16.6. The summed E-state index contributed by atoms with van der Waals surface area (Å²) in [6, 6.07) is 13.7. The smallest absolute Gasteiger partial charge is 0.277 e. The molecule has 1 aliphatic carbocycles. The topological polar surface area (TPSA) is 85.4 Å². The fourth-order valence-corrected chi connectivity index (χ4v) is 3.26. The van der Waals surface area contributed by atoms with E-state index < -0.39 is 4.92 Å². The van der Waals surface area contributed by atoms with Crippen LogP contribution in [0.4, 0.5) is 5.69 Å². The van der Waals surface area contributed by atoms with Crippen molar-refractivity contribution in [3.63, 3.8) is 0 Å². The van der Waals surface area contributed by atoms with Gasteiger partial charge in [-0.25, -0.2) is 0 Å². The van der Waals surface area contributed by atoms with Gasteiger partial charge >= 0.3 is 0 Å². The molecule has 3 rings (SSSR count). The first-order chi connectivity index (χ1) is 13.1. The lowest BCUT2D eigenvalue weighted by Crippen LogP contribution is -2.11. The van der Waals surface area contributed by atoms with Crippen LogP contribution in [0.3, 0.4) is 0 Å². The molecule has 6 heteroatoms. The molecule has 1 fully saturated rings. The standard InChI is InChI=1S/C21H20N2O4/c1-26-20-11-10-15(13-21(20)27-17-6-2-3-7-17)12-16(14-22)18-8-4-5-9-19(18)23(24)25/h4-5,8-13,17H,2-3,6-7H2,1H3. The maximum Gasteiger partial charge on any atom is 0.277 e. The molecular weight excluding hydrogens is 344 g/mol. The molecule has 0 aliphatic heterocycles. The molecule has 138 valence electrons. The first-order valence-electron chi connectivity index (χ1n) is 8.82. The number of nitro groups is 1. The SMILES string of the molecule is COc1ccc(C=C(C#N)c2ccccc2[N+](=O)[O-])cc1OC1CCCC1. The van der Waals surface area contributed by atoms with Gasteiger partial charge in [-0.1, -0.05) is 18.2 Å². The van der Waals surface area contributed by atoms with Crippen molar-refractivity contribution < 1.29 is 14.4 Å². The van der Waals surface area contributed by atoms with Crippen LogP contribution in [-0.4, -0.2) is 18.1 Å². The second kappa shape index (κ2) is 8.37. The number of para-hydroxylation sites is 1. The number of hydrogen-bond acceptors (Lipinski definition) is 5. The van der Waals surface area contributed by atoms with E-state index in [9.17, 15) is 15.4 Å². The Morgan fingerprint density at radius 2 is 1.96 bits per heavy atom. The fraction of sp³-hybridized carbons (Fsp3) is 0.286. The Morgan fingerprint density at radius 3 is 2.63 bits per heavy atom. The largest absolute Gasteiger partial charge is 0.493 e. The third-order valence-corrected chi connectivity index (χ3v) is 4.61. The molecule has 0 radical (unpaired) electrons. The van der Waals surface area contributed by atoms with Gasteiger partial charge in [-0.05, 0) is 55.5 Å². The zero-order chi connectivity index (χ0) is 19.2. The first-order valence-corrected chi connectivity index (χ1v) is 8.82. The fourth-order valence-electron chi connectivity index (χ4n) is 3.26. The highest BCUT2D eigenvalue weighted by molar-refractivity contribution is 5.92. The van der Waals surface area contributed by atoms with Crippen molar-refractivity contribution in [2.75, 3.05) is 7.11 Å². The minimum atomic E-state index is -0.483. The average molecular weight is 364 g/mol. The van der Waals surface area contributed by atoms with Crippen molar-refractivity contribution in [2.45, 2.75) is 31.8 Å². The second-order valence-electron chi connectivity index (χ2n) is 6.38. The number of rotatable bonds is 6. The van der Waals surface area contributed by atoms with Gasteiger partial charge in [-0.3, -0.25) is 10.1 Å². The third kappa shape index (κ3) is 4.26. The molecule has 0 atom stereocenters. The van der Waals surface area contributed by atoms with Crippen molar-refractivity contribution in [2.24, 2.45) is 0 Å². The molecule has 2 aromatic rings. The Labute approximate surface area is 157 Å². The molecule has 1 saturated carbocycles. The summed E-state index contributed by atoms with van der Waals surface area (Å²) < 4.78 is 11.5. The summed E-state index contributed by atoms with van der Waals surface area (Å²) in [6.45, 7) is 0. The van der Waals surface area contributed by atoms with Crippen molar-refractivity contribution in [3.8, 4) is 17.6 Å². The van der Waals surface area contributed by atoms with E-state index in [1.165, 1.54) is 6.07 Å². The number of ether oxygens (including phenoxy) is 2. The van der Waals surface area contributed by atoms with Crippen LogP contribution in [-0.2, 0) is 0 Å². The van der Waals surface area contributed by atoms with E-state index in [4.69, 9.17) is 9.47 Å². The third-order valence-electron chi connectivity index (χ3n) is 4.61. The molecule has 0 bridgehead atoms. The van der Waals surface area contributed by atoms with Gasteiger partial charge in [0.25, 0.3) is 5.69 Å². The van der Waals surface area contributed by atoms with Crippen molar-refractivity contribution >= 4 is 17.3 Å². The summed E-state index contributed by atoms with van der Waals surface area (Å²) in [4.78, 5) is 10.8. The molecule has 0 unspecified atom stereocenters. The summed E-state index contributed by atoms with van der Waals surface area (Å²) in [6.07, 6.45) is 6.14. The summed E-state index contributed by atoms with van der Waals surface area (Å²) >= 11 is 0. The van der Waals surface area contributed by atoms with Gasteiger partial charge in [0.15, 0.2) is 11.5 Å². The molecular formula is C21H20N2O4. The lowest BCUT2D eigenvalue weighted by Gasteiger charge is -2.16. The monoisotopic (exact) mass is 364 g/mol. The maximum atomic E-state index is 11.3. The number of hydrogen-bond donors (Lipinski definition) is 0. The van der Waals surface area contributed by atoms with E-state index in [0.717, 1.165) is 31.2 Å². The molecule has 0 aromatic heterocycles. The number of allylic oxidation sites excluding steroid dienone is 1. The molecule has 0 spiro atoms. The van der Waals surface area contributed by atoms with Crippen LogP contribution in [0.1, 0.15) is 36.8 Å². The molecule has 27 heavy (non-hydrogen) atoms. The number of benzene rings is 2. The van der Waals surface area contributed by atoms with Crippen LogP contribution >= 0.6 is 0 Å². The summed E-state index contributed by atoms with van der Waals surface area (Å²) in [7, 11) is 1.58. The highest BCUT2D eigenvalue weighted by Crippen LogP contribution is 2.34. The van der Waals surface area contributed by atoms with Crippen LogP contribution in [0, 0.1) is 21.4 Å². The zero-order valence-electron chi connectivity index (χ0n) is 15.1. The number of nitro benzene ring substituents is 1. The lowest BCUT2D eigenvalue weighted by atomic mass is 10.0. The molecule has 0 amide bonds. The highest BCUT2D eigenvalue weighted by Gasteiger charge is 2.19. The van der Waals surface area contributed by atoms with Crippen LogP contribution in [0.2, 0.25) is 0 Å². The number of nitrogens with zero attached hydrogens (tertiary/aromatic N) is 2. The Hall–Kier alpha value is -3.33. The Morgan fingerprint density at radius 1 is 1.22 bits per heavy atom. The molecule has 0 saturated heterocycles. The maximum absolute atomic E-state index is 11.3. The predicted octanol–water partition coefficient (Wildman–Crippen LogP) is 4.99. The van der Waals surface area contributed by atoms with E-state index in [1.54, 1.807) is 43.5 Å². The molecule has 2 aromatic carbocycles. The molecule has 0 heterocycles. The molecule has 1 aliphatic rings. The van der Waals surface area contributed by atoms with Gasteiger partial charge < -0.3 is 9.47 Å². The minimum Gasteiger partial charge on any atom is -0.493 e. The van der Waals surface area contributed by atoms with Crippen molar-refractivity contribution in [3.05, 3.63) is 63.7 Å². The Balaban J connectivity index is 1.97. The minimum absolute atomic E-state index is 0.0961. The van der Waals surface area contributed by atoms with E-state index in [-0.39, 0.29) is 17.4 Å². The zero-order valence-corrected chi connectivity index (χ0v) is 15.1. The van der Waals surface area contributed by atoms with Gasteiger partial charge in [0.2, 0.25) is 0 Å². The van der Waals surface area contributed by atoms with Crippen LogP contribution in [0.15, 0.2) is 42.5 Å². The Kier molecular flexibility index (Phi) is 5.72. The van der Waals surface area contributed by atoms with Crippen molar-refractivity contribution in [1.29, 1.82) is 5.26 Å². The number of methoxy groups -OCH3 is 1. The first kappa shape index (κ1) is 18.5. The summed E-state index contributed by atoms with van der Waals surface area (Å²) in [5.41, 5.74) is 1.14. The van der Waals surface area contributed by atoms with Crippen LogP contribution < -0.4 is 9.47 Å². The van der Waals surface area contributed by atoms with Gasteiger partial charge in [-0.15, -0.1) is 0 Å². The average Bonchev–Trinajstić information content (AvgIpc) is 3.19. The second-order valence-corrected chi connectivity index (χ2v) is 6.38. The summed E-state index contributed by atoms with van der Waals surface area (Å²) in [5, 5.41) is 20.8. The van der Waals surface area contributed by atoms with Gasteiger partial charge in [0, 0.05) is 6.07 Å².